The Bertz CT molecular complexity index is 935. The van der Waals surface area contributed by atoms with Gasteiger partial charge in [-0.05, 0) is 56.3 Å². The van der Waals surface area contributed by atoms with Crippen LogP contribution in [-0.4, -0.2) is 21.1 Å². The molecule has 0 spiro atoms. The van der Waals surface area contributed by atoms with Gasteiger partial charge in [-0.15, -0.1) is 10.2 Å². The van der Waals surface area contributed by atoms with Gasteiger partial charge < -0.3 is 10.3 Å². The van der Waals surface area contributed by atoms with Crippen molar-refractivity contribution in [2.24, 2.45) is 17.3 Å². The molecule has 1 aromatic carbocycles. The van der Waals surface area contributed by atoms with E-state index in [1.54, 1.807) is 0 Å². The zero-order chi connectivity index (χ0) is 22.6. The minimum atomic E-state index is -0.429. The van der Waals surface area contributed by atoms with Crippen LogP contribution in [0.3, 0.4) is 0 Å². The van der Waals surface area contributed by atoms with Gasteiger partial charge in [-0.3, -0.25) is 9.59 Å². The summed E-state index contributed by atoms with van der Waals surface area (Å²) in [4.78, 5) is 28.2. The van der Waals surface area contributed by atoms with Gasteiger partial charge in [0.15, 0.2) is 11.5 Å². The lowest BCUT2D eigenvalue weighted by Gasteiger charge is -2.36. The Morgan fingerprint density at radius 1 is 1.13 bits per heavy atom. The average Bonchev–Trinajstić information content (AvgIpc) is 2.72. The molecule has 1 amide bonds. The molecule has 2 N–H and O–H groups in total. The Labute approximate surface area is 185 Å². The molecule has 1 aliphatic rings. The highest BCUT2D eigenvalue weighted by molar-refractivity contribution is 5.76. The summed E-state index contributed by atoms with van der Waals surface area (Å²) < 4.78 is 0. The second kappa shape index (κ2) is 9.75. The standard InChI is InChI=1S/C25H36N4O2/c1-6-20(26-21(30)15-17-9-13-19(14-10-17)25(3,4)5)22-24(31)27-23(29-28-22)18-11-7-16(2)8-12-18/h7-8,11-12,17,19-20H,6,9-10,13-15H2,1-5H3,(H,26,30)(H,27,29,31). The summed E-state index contributed by atoms with van der Waals surface area (Å²) in [5.74, 6) is 1.58. The number of aromatic amines is 1. The van der Waals surface area contributed by atoms with Crippen molar-refractivity contribution in [2.75, 3.05) is 0 Å². The largest absolute Gasteiger partial charge is 0.347 e. The first-order chi connectivity index (χ1) is 14.7. The first kappa shape index (κ1) is 23.2. The van der Waals surface area contributed by atoms with Gasteiger partial charge in [0.2, 0.25) is 5.91 Å². The number of aromatic nitrogens is 3. The van der Waals surface area contributed by atoms with E-state index >= 15 is 0 Å². The van der Waals surface area contributed by atoms with Crippen molar-refractivity contribution in [1.29, 1.82) is 0 Å². The van der Waals surface area contributed by atoms with Crippen molar-refractivity contribution in [3.8, 4) is 11.4 Å². The molecule has 3 rings (SSSR count). The van der Waals surface area contributed by atoms with Gasteiger partial charge in [0.05, 0.1) is 6.04 Å². The van der Waals surface area contributed by atoms with E-state index in [4.69, 9.17) is 0 Å². The number of aryl methyl sites for hydroxylation is 1. The Morgan fingerprint density at radius 2 is 1.77 bits per heavy atom. The highest BCUT2D eigenvalue weighted by Gasteiger charge is 2.31. The topological polar surface area (TPSA) is 87.7 Å². The van der Waals surface area contributed by atoms with Gasteiger partial charge in [0.25, 0.3) is 5.56 Å². The number of nitrogens with zero attached hydrogens (tertiary/aromatic N) is 2. The minimum absolute atomic E-state index is 0.00475. The molecule has 1 atom stereocenters. The molecule has 1 fully saturated rings. The molecule has 0 bridgehead atoms. The van der Waals surface area contributed by atoms with Gasteiger partial charge in [-0.2, -0.15) is 0 Å². The first-order valence-electron chi connectivity index (χ1n) is 11.5. The fourth-order valence-electron chi connectivity index (χ4n) is 4.53. The summed E-state index contributed by atoms with van der Waals surface area (Å²) in [6.45, 7) is 10.9. The number of H-pyrrole nitrogens is 1. The Balaban J connectivity index is 1.61. The maximum Gasteiger partial charge on any atom is 0.275 e. The maximum atomic E-state index is 12.7. The Morgan fingerprint density at radius 3 is 2.32 bits per heavy atom. The highest BCUT2D eigenvalue weighted by Crippen LogP contribution is 2.40. The Kier molecular flexibility index (Phi) is 7.29. The average molecular weight is 425 g/mol. The van der Waals surface area contributed by atoms with Crippen LogP contribution in [0.5, 0.6) is 0 Å². The molecular formula is C25H36N4O2. The summed E-state index contributed by atoms with van der Waals surface area (Å²) in [5, 5.41) is 11.4. The number of benzene rings is 1. The van der Waals surface area contributed by atoms with Crippen LogP contribution in [0.25, 0.3) is 11.4 Å². The number of carbonyl (C=O) groups excluding carboxylic acids is 1. The van der Waals surface area contributed by atoms with E-state index in [1.165, 1.54) is 12.8 Å². The van der Waals surface area contributed by atoms with Crippen LogP contribution in [0, 0.1) is 24.2 Å². The lowest BCUT2D eigenvalue weighted by atomic mass is 9.69. The van der Waals surface area contributed by atoms with E-state index in [-0.39, 0.29) is 17.2 Å². The quantitative estimate of drug-likeness (QED) is 0.687. The van der Waals surface area contributed by atoms with E-state index in [9.17, 15) is 9.59 Å². The number of hydrogen-bond donors (Lipinski definition) is 2. The molecule has 1 saturated carbocycles. The number of nitrogens with one attached hydrogen (secondary N) is 2. The predicted molar refractivity (Wildman–Crippen MR) is 124 cm³/mol. The summed E-state index contributed by atoms with van der Waals surface area (Å²) in [6.07, 6.45) is 5.66. The lowest BCUT2D eigenvalue weighted by Crippen LogP contribution is -2.35. The third-order valence-corrected chi connectivity index (χ3v) is 6.67. The van der Waals surface area contributed by atoms with Crippen LogP contribution in [0.2, 0.25) is 0 Å². The third-order valence-electron chi connectivity index (χ3n) is 6.67. The summed E-state index contributed by atoms with van der Waals surface area (Å²) >= 11 is 0. The van der Waals surface area contributed by atoms with Crippen molar-refractivity contribution >= 4 is 5.91 Å². The molecule has 0 aliphatic heterocycles. The fraction of sp³-hybridized carbons (Fsp3) is 0.600. The molecule has 1 aromatic heterocycles. The molecule has 0 radical (unpaired) electrons. The van der Waals surface area contributed by atoms with Crippen LogP contribution in [0.4, 0.5) is 0 Å². The van der Waals surface area contributed by atoms with E-state index in [2.05, 4.69) is 41.3 Å². The summed E-state index contributed by atoms with van der Waals surface area (Å²) in [6, 6.07) is 7.31. The third kappa shape index (κ3) is 6.02. The number of carbonyl (C=O) groups is 1. The normalized spacial score (nSPS) is 20.3. The van der Waals surface area contributed by atoms with Gasteiger partial charge in [-0.1, -0.05) is 57.5 Å². The monoisotopic (exact) mass is 424 g/mol. The van der Waals surface area contributed by atoms with E-state index in [0.717, 1.165) is 29.9 Å². The second-order valence-corrected chi connectivity index (χ2v) is 10.1. The number of rotatable bonds is 6. The van der Waals surface area contributed by atoms with Crippen LogP contribution in [0.15, 0.2) is 29.1 Å². The fourth-order valence-corrected chi connectivity index (χ4v) is 4.53. The van der Waals surface area contributed by atoms with Crippen LogP contribution < -0.4 is 10.9 Å². The summed E-state index contributed by atoms with van der Waals surface area (Å²) in [7, 11) is 0. The molecule has 0 saturated heterocycles. The molecule has 1 aliphatic carbocycles. The van der Waals surface area contributed by atoms with Crippen LogP contribution in [-0.2, 0) is 4.79 Å². The molecule has 168 valence electrons. The van der Waals surface area contributed by atoms with Crippen molar-refractivity contribution < 1.29 is 4.79 Å². The molecule has 6 nitrogen and oxygen atoms in total. The van der Waals surface area contributed by atoms with Crippen molar-refractivity contribution in [3.05, 3.63) is 45.9 Å². The van der Waals surface area contributed by atoms with E-state index in [0.29, 0.717) is 30.0 Å². The molecule has 1 unspecified atom stereocenters. The van der Waals surface area contributed by atoms with Gasteiger partial charge in [0, 0.05) is 12.0 Å². The van der Waals surface area contributed by atoms with Crippen molar-refractivity contribution in [2.45, 2.75) is 79.2 Å². The van der Waals surface area contributed by atoms with Gasteiger partial charge in [-0.25, -0.2) is 0 Å². The van der Waals surface area contributed by atoms with E-state index in [1.807, 2.05) is 38.1 Å². The minimum Gasteiger partial charge on any atom is -0.347 e. The lowest BCUT2D eigenvalue weighted by molar-refractivity contribution is -0.123. The smallest absolute Gasteiger partial charge is 0.275 e. The predicted octanol–water partition coefficient (Wildman–Crippen LogP) is 4.95. The molecule has 1 heterocycles. The highest BCUT2D eigenvalue weighted by atomic mass is 16.2. The molecule has 2 aromatic rings. The SMILES string of the molecule is CCC(NC(=O)CC1CCC(C(C)(C)C)CC1)c1nnc(-c2ccc(C)cc2)[nH]c1=O. The molecule has 6 heteroatoms. The summed E-state index contributed by atoms with van der Waals surface area (Å²) in [5.41, 5.74) is 2.25. The second-order valence-electron chi connectivity index (χ2n) is 10.1. The van der Waals surface area contributed by atoms with Crippen LogP contribution >= 0.6 is 0 Å². The van der Waals surface area contributed by atoms with Crippen molar-refractivity contribution in [3.63, 3.8) is 0 Å². The van der Waals surface area contributed by atoms with Crippen LogP contribution in [0.1, 0.15) is 83.5 Å². The van der Waals surface area contributed by atoms with E-state index < -0.39 is 6.04 Å². The van der Waals surface area contributed by atoms with Gasteiger partial charge >= 0.3 is 0 Å². The Hall–Kier alpha value is -2.50. The van der Waals surface area contributed by atoms with Crippen molar-refractivity contribution in [1.82, 2.24) is 20.5 Å². The zero-order valence-electron chi connectivity index (χ0n) is 19.5. The molecule has 31 heavy (non-hydrogen) atoms. The number of hydrogen-bond acceptors (Lipinski definition) is 4. The zero-order valence-corrected chi connectivity index (χ0v) is 19.5. The maximum absolute atomic E-state index is 12.7. The van der Waals surface area contributed by atoms with Gasteiger partial charge in [0.1, 0.15) is 0 Å². The molecular weight excluding hydrogens is 388 g/mol. The number of amides is 1. The first-order valence-corrected chi connectivity index (χ1v) is 11.5.